The van der Waals surface area contributed by atoms with Crippen molar-refractivity contribution < 1.29 is 72.9 Å². The molecule has 48 heavy (non-hydrogen) atoms. The second-order valence-electron chi connectivity index (χ2n) is 12.5. The number of benzene rings is 1. The SMILES string of the molecule is CC(=O)O[C@@H](CC(=O)OC1=CC[C@@]2(O)[C@H]3Cc4ccc(CO)c5c4[C@@]2(CCCN3C)[C@H]1O5)C(=O)O[C@@H](C)C(=O)O[C@@H](CC(=O)O)C(=O)O. The van der Waals surface area contributed by atoms with Gasteiger partial charge in [0.2, 0.25) is 12.2 Å². The number of aliphatic carboxylic acids is 2. The third-order valence-electron chi connectivity index (χ3n) is 9.52. The van der Waals surface area contributed by atoms with Gasteiger partial charge in [-0.2, -0.15) is 0 Å². The Balaban J connectivity index is 1.35. The van der Waals surface area contributed by atoms with Crippen molar-refractivity contribution in [3.63, 3.8) is 0 Å². The average molecular weight is 676 g/mol. The molecule has 1 saturated heterocycles. The third kappa shape index (κ3) is 5.99. The lowest BCUT2D eigenvalue weighted by Crippen LogP contribution is -2.69. The highest BCUT2D eigenvalue weighted by Gasteiger charge is 2.70. The van der Waals surface area contributed by atoms with Gasteiger partial charge in [-0.3, -0.25) is 14.4 Å². The number of aliphatic hydroxyl groups excluding tert-OH is 1. The molecule has 7 atom stereocenters. The van der Waals surface area contributed by atoms with E-state index in [9.17, 15) is 39.0 Å². The highest BCUT2D eigenvalue weighted by molar-refractivity contribution is 5.88. The van der Waals surface area contributed by atoms with E-state index in [0.717, 1.165) is 25.0 Å². The number of aliphatic hydroxyl groups is 2. The van der Waals surface area contributed by atoms with Crippen LogP contribution in [0.25, 0.3) is 0 Å². The summed E-state index contributed by atoms with van der Waals surface area (Å²) in [7, 11) is 1.95. The summed E-state index contributed by atoms with van der Waals surface area (Å²) >= 11 is 0. The van der Waals surface area contributed by atoms with Crippen LogP contribution in [0.4, 0.5) is 0 Å². The Labute approximate surface area is 274 Å². The van der Waals surface area contributed by atoms with Gasteiger partial charge in [0.1, 0.15) is 11.5 Å². The van der Waals surface area contributed by atoms with Crippen LogP contribution >= 0.6 is 0 Å². The van der Waals surface area contributed by atoms with Crippen molar-refractivity contribution >= 4 is 35.8 Å². The minimum absolute atomic E-state index is 0.0750. The highest BCUT2D eigenvalue weighted by atomic mass is 16.6. The van der Waals surface area contributed by atoms with Crippen molar-refractivity contribution in [2.45, 2.75) is 100 Å². The maximum atomic E-state index is 13.3. The summed E-state index contributed by atoms with van der Waals surface area (Å²) in [5.41, 5.74) is -0.0534. The number of likely N-dealkylation sites (N-methyl/N-ethyl adjacent to an activating group) is 1. The zero-order valence-electron chi connectivity index (χ0n) is 26.5. The Kier molecular flexibility index (Phi) is 9.54. The van der Waals surface area contributed by atoms with E-state index in [4.69, 9.17) is 29.2 Å². The monoisotopic (exact) mass is 675 g/mol. The van der Waals surface area contributed by atoms with Crippen LogP contribution in [0, 0.1) is 0 Å². The summed E-state index contributed by atoms with van der Waals surface area (Å²) < 4.78 is 26.8. The first-order chi connectivity index (χ1) is 22.6. The summed E-state index contributed by atoms with van der Waals surface area (Å²) in [6.45, 7) is 2.38. The molecule has 0 radical (unpaired) electrons. The quantitative estimate of drug-likeness (QED) is 0.170. The van der Waals surface area contributed by atoms with Gasteiger partial charge < -0.3 is 49.0 Å². The minimum atomic E-state index is -2.06. The Hall–Kier alpha value is -4.54. The lowest BCUT2D eigenvalue weighted by molar-refractivity contribution is -0.184. The number of nitrogens with zero attached hydrogens (tertiary/aromatic N) is 1. The Bertz CT molecular complexity index is 1570. The molecule has 2 heterocycles. The van der Waals surface area contributed by atoms with Gasteiger partial charge in [-0.1, -0.05) is 12.1 Å². The minimum Gasteiger partial charge on any atom is -0.481 e. The predicted octanol–water partition coefficient (Wildman–Crippen LogP) is 0.115. The third-order valence-corrected chi connectivity index (χ3v) is 9.52. The van der Waals surface area contributed by atoms with Gasteiger partial charge >= 0.3 is 35.8 Å². The summed E-state index contributed by atoms with van der Waals surface area (Å²) in [4.78, 5) is 74.7. The molecule has 16 heteroatoms. The molecule has 0 saturated carbocycles. The molecule has 0 amide bonds. The van der Waals surface area contributed by atoms with Gasteiger partial charge in [0.05, 0.1) is 30.5 Å². The number of carbonyl (C=O) groups is 6. The Morgan fingerprint density at radius 1 is 1.04 bits per heavy atom. The van der Waals surface area contributed by atoms with Crippen molar-refractivity contribution in [3.8, 4) is 5.75 Å². The van der Waals surface area contributed by atoms with Gasteiger partial charge in [0, 0.05) is 30.5 Å². The molecular formula is C32H37NO15. The molecule has 1 spiro atoms. The predicted molar refractivity (Wildman–Crippen MR) is 157 cm³/mol. The maximum absolute atomic E-state index is 13.3. The van der Waals surface area contributed by atoms with Gasteiger partial charge in [-0.05, 0) is 51.4 Å². The second-order valence-corrected chi connectivity index (χ2v) is 12.5. The highest BCUT2D eigenvalue weighted by Crippen LogP contribution is 2.64. The average Bonchev–Trinajstić information content (AvgIpc) is 3.35. The normalized spacial score (nSPS) is 27.1. The molecule has 2 aliphatic heterocycles. The maximum Gasteiger partial charge on any atom is 0.348 e. The molecule has 5 rings (SSSR count). The van der Waals surface area contributed by atoms with E-state index >= 15 is 0 Å². The number of carboxylic acids is 2. The summed E-state index contributed by atoms with van der Waals surface area (Å²) in [5, 5.41) is 40.5. The van der Waals surface area contributed by atoms with E-state index in [1.165, 1.54) is 0 Å². The lowest BCUT2D eigenvalue weighted by Gasteiger charge is -2.56. The fraction of sp³-hybridized carbons (Fsp3) is 0.562. The van der Waals surface area contributed by atoms with Gasteiger partial charge in [0.15, 0.2) is 12.2 Å². The molecule has 1 aromatic carbocycles. The Morgan fingerprint density at radius 3 is 2.42 bits per heavy atom. The number of likely N-dealkylation sites (tertiary alicyclic amines) is 1. The van der Waals surface area contributed by atoms with E-state index in [1.807, 2.05) is 13.1 Å². The molecule has 1 aromatic rings. The molecule has 260 valence electrons. The lowest BCUT2D eigenvalue weighted by atomic mass is 9.52. The van der Waals surface area contributed by atoms with Crippen LogP contribution in [0.1, 0.15) is 62.6 Å². The molecule has 16 nitrogen and oxygen atoms in total. The van der Waals surface area contributed by atoms with Crippen LogP contribution in [0.3, 0.4) is 0 Å². The number of hydrogen-bond acceptors (Lipinski definition) is 14. The van der Waals surface area contributed by atoms with Crippen molar-refractivity contribution in [3.05, 3.63) is 40.7 Å². The molecule has 0 unspecified atom stereocenters. The molecule has 1 fully saturated rings. The van der Waals surface area contributed by atoms with Crippen molar-refractivity contribution in [1.29, 1.82) is 0 Å². The van der Waals surface area contributed by atoms with E-state index in [1.54, 1.807) is 12.1 Å². The largest absolute Gasteiger partial charge is 0.481 e. The smallest absolute Gasteiger partial charge is 0.348 e. The van der Waals surface area contributed by atoms with Crippen LogP contribution in [0.5, 0.6) is 5.75 Å². The van der Waals surface area contributed by atoms with Gasteiger partial charge in [-0.25, -0.2) is 14.4 Å². The number of esters is 4. The van der Waals surface area contributed by atoms with E-state index < -0.39 is 84.1 Å². The summed E-state index contributed by atoms with van der Waals surface area (Å²) in [5.74, 6) is -7.53. The number of carbonyl (C=O) groups excluding carboxylic acids is 4. The standard InChI is InChI=1S/C32H37NO15/c1-15(29(41)47-20(28(39)40)12-23(36)37)44-30(42)21(45-16(2)35)13-24(38)46-19-7-9-32(43)22-11-17-5-6-18(14-34)26-25(17)31(32,27(19)48-26)8-4-10-33(22)3/h5-7,15,20-22,27,34,43H,4,8-14H2,1-3H3,(H,36,37)(H,39,40)/t15-,20-,21-,22+,27-,31-,32+/m0/s1. The number of hydrogen-bond donors (Lipinski definition) is 4. The summed E-state index contributed by atoms with van der Waals surface area (Å²) in [6, 6.07) is 3.42. The second kappa shape index (κ2) is 13.2. The van der Waals surface area contributed by atoms with E-state index in [-0.39, 0.29) is 24.8 Å². The molecule has 2 bridgehead atoms. The number of rotatable bonds is 12. The molecule has 4 aliphatic rings. The van der Waals surface area contributed by atoms with Crippen LogP contribution < -0.4 is 4.74 Å². The van der Waals surface area contributed by atoms with Crippen LogP contribution in [-0.2, 0) is 66.2 Å². The fourth-order valence-electron chi connectivity index (χ4n) is 7.46. The zero-order chi connectivity index (χ0) is 35.1. The van der Waals surface area contributed by atoms with Crippen LogP contribution in [-0.4, -0.2) is 111 Å². The fourth-order valence-corrected chi connectivity index (χ4v) is 7.46. The van der Waals surface area contributed by atoms with E-state index in [2.05, 4.69) is 9.64 Å². The first kappa shape index (κ1) is 34.8. The first-order valence-electron chi connectivity index (χ1n) is 15.4. The zero-order valence-corrected chi connectivity index (χ0v) is 26.5. The first-order valence-corrected chi connectivity index (χ1v) is 15.4. The van der Waals surface area contributed by atoms with E-state index in [0.29, 0.717) is 37.1 Å². The molecule has 2 aliphatic carbocycles. The summed E-state index contributed by atoms with van der Waals surface area (Å²) in [6.07, 6.45) is -5.17. The molecule has 0 aromatic heterocycles. The van der Waals surface area contributed by atoms with Crippen molar-refractivity contribution in [2.75, 3.05) is 13.6 Å². The van der Waals surface area contributed by atoms with Crippen molar-refractivity contribution in [2.24, 2.45) is 0 Å². The van der Waals surface area contributed by atoms with Crippen molar-refractivity contribution in [1.82, 2.24) is 4.90 Å². The van der Waals surface area contributed by atoms with Gasteiger partial charge in [-0.15, -0.1) is 0 Å². The van der Waals surface area contributed by atoms with Crippen LogP contribution in [0.15, 0.2) is 24.0 Å². The Morgan fingerprint density at radius 2 is 1.77 bits per heavy atom. The topological polar surface area (TPSA) is 233 Å². The van der Waals surface area contributed by atoms with Crippen LogP contribution in [0.2, 0.25) is 0 Å². The molecular weight excluding hydrogens is 638 g/mol. The molecule has 4 N–H and O–H groups in total. The number of carboxylic acid groups (broad SMARTS) is 2. The van der Waals surface area contributed by atoms with Gasteiger partial charge in [0.25, 0.3) is 0 Å². The number of ether oxygens (including phenoxy) is 5.